The van der Waals surface area contributed by atoms with Crippen molar-refractivity contribution in [3.63, 3.8) is 0 Å². The number of amides is 1. The molecule has 0 aliphatic rings. The number of nitrogens with one attached hydrogen (secondary N) is 1. The van der Waals surface area contributed by atoms with Crippen LogP contribution >= 0.6 is 0 Å². The molecule has 1 amide bonds. The summed E-state index contributed by atoms with van der Waals surface area (Å²) in [6.45, 7) is 3.69. The Balaban J connectivity index is 1.92. The third-order valence-corrected chi connectivity index (χ3v) is 5.61. The van der Waals surface area contributed by atoms with Crippen molar-refractivity contribution in [1.29, 1.82) is 5.26 Å². The Morgan fingerprint density at radius 2 is 1.74 bits per heavy atom. The van der Waals surface area contributed by atoms with Gasteiger partial charge in [0.05, 0.1) is 4.90 Å². The van der Waals surface area contributed by atoms with Crippen LogP contribution in [0.25, 0.3) is 11.8 Å². The van der Waals surface area contributed by atoms with Gasteiger partial charge in [-0.15, -0.1) is 0 Å². The van der Waals surface area contributed by atoms with Crippen LogP contribution in [0, 0.1) is 25.2 Å². The summed E-state index contributed by atoms with van der Waals surface area (Å²) >= 11 is 0. The molecule has 1 heterocycles. The minimum absolute atomic E-state index is 0.0106. The maximum Gasteiger partial charge on any atom is 0.266 e. The number of nitrogens with zero attached hydrogens (tertiary/aromatic N) is 2. The number of hydrogen-bond acceptors (Lipinski definition) is 5. The van der Waals surface area contributed by atoms with E-state index in [9.17, 15) is 23.6 Å². The van der Waals surface area contributed by atoms with Gasteiger partial charge in [-0.25, -0.2) is 13.6 Å². The first-order chi connectivity index (χ1) is 14.6. The quantitative estimate of drug-likeness (QED) is 0.321. The number of primary sulfonamides is 1. The van der Waals surface area contributed by atoms with Crippen molar-refractivity contribution in [2.45, 2.75) is 18.7 Å². The Kier molecular flexibility index (Phi) is 5.97. The molecule has 0 unspecified atom stereocenters. The van der Waals surface area contributed by atoms with Crippen LogP contribution in [0.1, 0.15) is 17.0 Å². The van der Waals surface area contributed by atoms with E-state index < -0.39 is 15.9 Å². The summed E-state index contributed by atoms with van der Waals surface area (Å²) in [6.07, 6.45) is 1.49. The fraction of sp³-hybridized carbons (Fsp3) is 0.0909. The summed E-state index contributed by atoms with van der Waals surface area (Å²) in [5.74, 6) is -0.505. The summed E-state index contributed by atoms with van der Waals surface area (Å²) in [6, 6.07) is 15.8. The number of aryl methyl sites for hydroxylation is 1. The van der Waals surface area contributed by atoms with E-state index in [1.807, 2.05) is 30.6 Å². The van der Waals surface area contributed by atoms with Gasteiger partial charge in [-0.3, -0.25) is 4.79 Å². The Bertz CT molecular complexity index is 1310. The fourth-order valence-electron chi connectivity index (χ4n) is 3.16. The van der Waals surface area contributed by atoms with Crippen molar-refractivity contribution < 1.29 is 18.3 Å². The highest BCUT2D eigenvalue weighted by molar-refractivity contribution is 7.89. The minimum Gasteiger partial charge on any atom is -0.508 e. The molecule has 9 heteroatoms. The first-order valence-corrected chi connectivity index (χ1v) is 10.7. The molecule has 0 spiro atoms. The third kappa shape index (κ3) is 4.83. The zero-order chi connectivity index (χ0) is 22.8. The third-order valence-electron chi connectivity index (χ3n) is 4.68. The number of aromatic hydroxyl groups is 1. The summed E-state index contributed by atoms with van der Waals surface area (Å²) in [5, 5.41) is 26.6. The molecule has 2 aromatic carbocycles. The number of benzene rings is 2. The molecule has 0 aliphatic carbocycles. The lowest BCUT2D eigenvalue weighted by atomic mass is 10.1. The van der Waals surface area contributed by atoms with E-state index in [1.165, 1.54) is 42.5 Å². The van der Waals surface area contributed by atoms with E-state index in [4.69, 9.17) is 5.14 Å². The van der Waals surface area contributed by atoms with Gasteiger partial charge in [-0.1, -0.05) is 0 Å². The Morgan fingerprint density at radius 3 is 2.29 bits per heavy atom. The van der Waals surface area contributed by atoms with E-state index in [2.05, 4.69) is 5.32 Å². The molecule has 158 valence electrons. The van der Waals surface area contributed by atoms with Gasteiger partial charge >= 0.3 is 0 Å². The van der Waals surface area contributed by atoms with Gasteiger partial charge in [-0.2, -0.15) is 5.26 Å². The number of phenolic OH excluding ortho intramolecular Hbond substituents is 1. The highest BCUT2D eigenvalue weighted by Gasteiger charge is 2.15. The zero-order valence-corrected chi connectivity index (χ0v) is 17.6. The van der Waals surface area contributed by atoms with Crippen LogP contribution in [-0.4, -0.2) is 24.0 Å². The molecule has 0 saturated carbocycles. The van der Waals surface area contributed by atoms with E-state index >= 15 is 0 Å². The van der Waals surface area contributed by atoms with Crippen molar-refractivity contribution in [1.82, 2.24) is 4.57 Å². The van der Waals surface area contributed by atoms with Gasteiger partial charge in [0.2, 0.25) is 10.0 Å². The van der Waals surface area contributed by atoms with Crippen molar-refractivity contribution in [2.24, 2.45) is 5.14 Å². The summed E-state index contributed by atoms with van der Waals surface area (Å²) in [4.78, 5) is 12.5. The monoisotopic (exact) mass is 436 g/mol. The zero-order valence-electron chi connectivity index (χ0n) is 16.8. The number of nitriles is 1. The first kappa shape index (κ1) is 21.8. The molecule has 1 aromatic heterocycles. The SMILES string of the molecule is Cc1cc(/C=C(/C#N)C(=O)Nc2ccc(O)cc2)c(C)n1-c1ccc(S(N)(=O)=O)cc1. The lowest BCUT2D eigenvalue weighted by molar-refractivity contribution is -0.112. The van der Waals surface area contributed by atoms with Crippen molar-refractivity contribution in [2.75, 3.05) is 5.32 Å². The van der Waals surface area contributed by atoms with Crippen LogP contribution in [-0.2, 0) is 14.8 Å². The molecule has 4 N–H and O–H groups in total. The summed E-state index contributed by atoms with van der Waals surface area (Å²) in [7, 11) is -3.79. The number of carbonyl (C=O) groups excluding carboxylic acids is 1. The number of aromatic nitrogens is 1. The van der Waals surface area contributed by atoms with Gasteiger partial charge in [0.25, 0.3) is 5.91 Å². The Labute approximate surface area is 179 Å². The number of nitrogens with two attached hydrogens (primary N) is 1. The maximum absolute atomic E-state index is 12.5. The van der Waals surface area contributed by atoms with E-state index in [-0.39, 0.29) is 16.2 Å². The van der Waals surface area contributed by atoms with Crippen LogP contribution in [0.2, 0.25) is 0 Å². The normalized spacial score (nSPS) is 11.7. The number of rotatable bonds is 5. The molecule has 0 aliphatic heterocycles. The van der Waals surface area contributed by atoms with E-state index in [1.54, 1.807) is 12.1 Å². The molecule has 0 bridgehead atoms. The van der Waals surface area contributed by atoms with Gasteiger partial charge in [0.1, 0.15) is 17.4 Å². The van der Waals surface area contributed by atoms with Gasteiger partial charge < -0.3 is 15.0 Å². The van der Waals surface area contributed by atoms with Crippen molar-refractivity contribution >= 4 is 27.7 Å². The average Bonchev–Trinajstić information content (AvgIpc) is 3.00. The van der Waals surface area contributed by atoms with Crippen LogP contribution < -0.4 is 10.5 Å². The smallest absolute Gasteiger partial charge is 0.266 e. The molecule has 0 fully saturated rings. The Morgan fingerprint density at radius 1 is 1.13 bits per heavy atom. The van der Waals surface area contributed by atoms with Crippen molar-refractivity contribution in [3.05, 3.63) is 77.1 Å². The second-order valence-corrected chi connectivity index (χ2v) is 8.43. The van der Waals surface area contributed by atoms with Crippen LogP contribution in [0.5, 0.6) is 5.75 Å². The average molecular weight is 436 g/mol. The predicted octanol–water partition coefficient (Wildman–Crippen LogP) is 2.99. The van der Waals surface area contributed by atoms with E-state index in [0.29, 0.717) is 16.9 Å². The molecule has 8 nitrogen and oxygen atoms in total. The predicted molar refractivity (Wildman–Crippen MR) is 117 cm³/mol. The first-order valence-electron chi connectivity index (χ1n) is 9.14. The fourth-order valence-corrected chi connectivity index (χ4v) is 3.68. The number of anilines is 1. The second-order valence-electron chi connectivity index (χ2n) is 6.87. The number of sulfonamides is 1. The molecule has 0 saturated heterocycles. The molecule has 3 rings (SSSR count). The van der Waals surface area contributed by atoms with Gasteiger partial charge in [0.15, 0.2) is 0 Å². The molecular weight excluding hydrogens is 416 g/mol. The second kappa shape index (κ2) is 8.47. The molecule has 0 atom stereocenters. The molecule has 0 radical (unpaired) electrons. The highest BCUT2D eigenvalue weighted by atomic mass is 32.2. The van der Waals surface area contributed by atoms with Gasteiger partial charge in [0, 0.05) is 22.8 Å². The van der Waals surface area contributed by atoms with Crippen molar-refractivity contribution in [3.8, 4) is 17.5 Å². The lowest BCUT2D eigenvalue weighted by Crippen LogP contribution is -2.13. The largest absolute Gasteiger partial charge is 0.508 e. The van der Waals surface area contributed by atoms with Crippen LogP contribution in [0.3, 0.4) is 0 Å². The number of carbonyl (C=O) groups is 1. The van der Waals surface area contributed by atoms with Gasteiger partial charge in [-0.05, 0) is 80.1 Å². The van der Waals surface area contributed by atoms with E-state index in [0.717, 1.165) is 11.4 Å². The number of phenols is 1. The van der Waals surface area contributed by atoms with Crippen LogP contribution in [0.4, 0.5) is 5.69 Å². The standard InChI is InChI=1S/C22H20N4O4S/c1-14-11-16(12-17(13-23)22(28)25-18-3-7-20(27)8-4-18)15(2)26(14)19-5-9-21(10-6-19)31(24,29)30/h3-12,27H,1-2H3,(H,25,28)(H2,24,29,30)/b17-12-. The molecule has 3 aromatic rings. The molecular formula is C22H20N4O4S. The maximum atomic E-state index is 12.5. The highest BCUT2D eigenvalue weighted by Crippen LogP contribution is 2.24. The minimum atomic E-state index is -3.79. The lowest BCUT2D eigenvalue weighted by Gasteiger charge is -2.10. The molecule has 31 heavy (non-hydrogen) atoms. The Hall–Kier alpha value is -3.87. The number of hydrogen-bond donors (Lipinski definition) is 3. The topological polar surface area (TPSA) is 138 Å². The summed E-state index contributed by atoms with van der Waals surface area (Å²) < 4.78 is 24.8. The van der Waals surface area contributed by atoms with Crippen LogP contribution in [0.15, 0.2) is 65.1 Å². The summed E-state index contributed by atoms with van der Waals surface area (Å²) in [5.41, 5.74) is 3.36.